The van der Waals surface area contributed by atoms with Crippen molar-refractivity contribution in [3.63, 3.8) is 0 Å². The molecule has 2 aromatic carbocycles. The second kappa shape index (κ2) is 6.71. The van der Waals surface area contributed by atoms with Gasteiger partial charge in [-0.25, -0.2) is 0 Å². The Balaban J connectivity index is 1.75. The molecule has 0 aromatic heterocycles. The fourth-order valence-corrected chi connectivity index (χ4v) is 4.99. The van der Waals surface area contributed by atoms with Gasteiger partial charge in [0.15, 0.2) is 5.72 Å². The van der Waals surface area contributed by atoms with E-state index in [2.05, 4.69) is 60.1 Å². The molecule has 1 atom stereocenters. The Kier molecular flexibility index (Phi) is 4.67. The summed E-state index contributed by atoms with van der Waals surface area (Å²) < 4.78 is 18.1. The summed E-state index contributed by atoms with van der Waals surface area (Å²) in [5.41, 5.74) is 2.90. The van der Waals surface area contributed by atoms with E-state index in [1.54, 1.807) is 6.07 Å². The number of hydrogen-bond donors (Lipinski definition) is 2. The lowest BCUT2D eigenvalue weighted by Gasteiger charge is -2.39. The summed E-state index contributed by atoms with van der Waals surface area (Å²) in [5.74, 6) is 0. The summed E-state index contributed by atoms with van der Waals surface area (Å²) in [7, 11) is -0.292. The van der Waals surface area contributed by atoms with Crippen LogP contribution in [0.2, 0.25) is 0 Å². The van der Waals surface area contributed by atoms with E-state index in [1.165, 1.54) is 6.07 Å². The third kappa shape index (κ3) is 3.11. The van der Waals surface area contributed by atoms with E-state index in [4.69, 9.17) is 4.74 Å². The van der Waals surface area contributed by atoms with Crippen LogP contribution in [0.3, 0.4) is 0 Å². The van der Waals surface area contributed by atoms with Crippen molar-refractivity contribution in [2.24, 2.45) is 0 Å². The molecule has 6 nitrogen and oxygen atoms in total. The molecule has 0 radical (unpaired) electrons. The third-order valence-electron chi connectivity index (χ3n) is 6.13. The SMILES string of the molecule is CN(C)c1ccc(C=CC23OCCN2c2ccc(P(=O)(O)O)cc2C3(C)C)cc1. The Labute approximate surface area is 171 Å². The van der Waals surface area contributed by atoms with Gasteiger partial charge in [-0.3, -0.25) is 4.57 Å². The van der Waals surface area contributed by atoms with Crippen molar-refractivity contribution in [1.29, 1.82) is 0 Å². The van der Waals surface area contributed by atoms with Crippen LogP contribution in [0.4, 0.5) is 11.4 Å². The van der Waals surface area contributed by atoms with Gasteiger partial charge in [-0.05, 0) is 47.5 Å². The predicted octanol–water partition coefficient (Wildman–Crippen LogP) is 3.09. The number of hydrogen-bond acceptors (Lipinski definition) is 4. The predicted molar refractivity (Wildman–Crippen MR) is 117 cm³/mol. The van der Waals surface area contributed by atoms with Gasteiger partial charge in [-0.1, -0.05) is 32.1 Å². The Morgan fingerprint density at radius 3 is 2.45 bits per heavy atom. The molecule has 7 heteroatoms. The normalized spacial score (nSPS) is 22.8. The van der Waals surface area contributed by atoms with Gasteiger partial charge >= 0.3 is 7.60 Å². The lowest BCUT2D eigenvalue weighted by atomic mass is 9.77. The first-order chi connectivity index (χ1) is 13.6. The molecule has 0 bridgehead atoms. The average molecular weight is 414 g/mol. The van der Waals surface area contributed by atoms with Gasteiger partial charge in [-0.2, -0.15) is 0 Å². The minimum atomic E-state index is -4.32. The fourth-order valence-electron chi connectivity index (χ4n) is 4.43. The molecule has 1 fully saturated rings. The van der Waals surface area contributed by atoms with E-state index in [1.807, 2.05) is 20.2 Å². The van der Waals surface area contributed by atoms with E-state index in [0.717, 1.165) is 29.0 Å². The fraction of sp³-hybridized carbons (Fsp3) is 0.364. The van der Waals surface area contributed by atoms with Crippen molar-refractivity contribution in [3.8, 4) is 0 Å². The maximum atomic E-state index is 11.8. The van der Waals surface area contributed by atoms with E-state index in [-0.39, 0.29) is 5.30 Å². The summed E-state index contributed by atoms with van der Waals surface area (Å²) in [5, 5.41) is 0.0453. The van der Waals surface area contributed by atoms with Crippen molar-refractivity contribution in [2.75, 3.05) is 37.0 Å². The molecule has 2 heterocycles. The molecule has 0 spiro atoms. The lowest BCUT2D eigenvalue weighted by Crippen LogP contribution is -2.51. The van der Waals surface area contributed by atoms with Gasteiger partial charge < -0.3 is 24.3 Å². The third-order valence-corrected chi connectivity index (χ3v) is 7.08. The Hall–Kier alpha value is -2.11. The lowest BCUT2D eigenvalue weighted by molar-refractivity contribution is 0.000348. The molecular formula is C22H27N2O4P. The van der Waals surface area contributed by atoms with Gasteiger partial charge in [-0.15, -0.1) is 0 Å². The first-order valence-corrected chi connectivity index (χ1v) is 11.3. The minimum Gasteiger partial charge on any atom is -0.378 e. The molecular weight excluding hydrogens is 387 g/mol. The second-order valence-electron chi connectivity index (χ2n) is 8.39. The van der Waals surface area contributed by atoms with Gasteiger partial charge in [0, 0.05) is 37.4 Å². The molecule has 0 aliphatic carbocycles. The first-order valence-electron chi connectivity index (χ1n) is 9.65. The Morgan fingerprint density at radius 2 is 1.83 bits per heavy atom. The van der Waals surface area contributed by atoms with Crippen LogP contribution in [0.5, 0.6) is 0 Å². The second-order valence-corrected chi connectivity index (χ2v) is 9.99. The van der Waals surface area contributed by atoms with Crippen molar-refractivity contribution >= 4 is 30.4 Å². The van der Waals surface area contributed by atoms with Crippen molar-refractivity contribution in [3.05, 3.63) is 59.7 Å². The number of nitrogens with zero attached hydrogens (tertiary/aromatic N) is 2. The Morgan fingerprint density at radius 1 is 1.14 bits per heavy atom. The summed E-state index contributed by atoms with van der Waals surface area (Å²) in [6, 6.07) is 13.3. The zero-order valence-electron chi connectivity index (χ0n) is 17.2. The van der Waals surface area contributed by atoms with Crippen LogP contribution in [0.1, 0.15) is 25.0 Å². The largest absolute Gasteiger partial charge is 0.378 e. The highest BCUT2D eigenvalue weighted by molar-refractivity contribution is 7.60. The van der Waals surface area contributed by atoms with Gasteiger partial charge in [0.1, 0.15) is 0 Å². The van der Waals surface area contributed by atoms with E-state index < -0.39 is 18.7 Å². The molecule has 29 heavy (non-hydrogen) atoms. The highest BCUT2D eigenvalue weighted by atomic mass is 31.2. The Bertz CT molecular complexity index is 1010. The molecule has 1 saturated heterocycles. The van der Waals surface area contributed by atoms with Crippen LogP contribution in [0.25, 0.3) is 6.08 Å². The van der Waals surface area contributed by atoms with Crippen molar-refractivity contribution in [1.82, 2.24) is 0 Å². The quantitative estimate of drug-likeness (QED) is 0.749. The minimum absolute atomic E-state index is 0.0453. The standard InChI is InChI=1S/C22H27N2O4P/c1-21(2)19-15-18(29(25,26)27)9-10-20(19)24-13-14-28-22(21,24)12-11-16-5-7-17(8-6-16)23(3)4/h5-12,15H,13-14H2,1-4H3,(H2,25,26,27). The van der Waals surface area contributed by atoms with Gasteiger partial charge in [0.2, 0.25) is 0 Å². The summed E-state index contributed by atoms with van der Waals surface area (Å²) in [6.07, 6.45) is 4.15. The molecule has 1 unspecified atom stereocenters. The molecule has 2 N–H and O–H groups in total. The van der Waals surface area contributed by atoms with E-state index in [0.29, 0.717) is 6.61 Å². The van der Waals surface area contributed by atoms with Crippen LogP contribution in [-0.4, -0.2) is 42.8 Å². The average Bonchev–Trinajstić information content (AvgIpc) is 3.17. The van der Waals surface area contributed by atoms with Crippen LogP contribution >= 0.6 is 7.60 Å². The number of anilines is 2. The summed E-state index contributed by atoms with van der Waals surface area (Å²) in [4.78, 5) is 23.5. The van der Waals surface area contributed by atoms with E-state index in [9.17, 15) is 14.4 Å². The van der Waals surface area contributed by atoms with E-state index >= 15 is 0 Å². The van der Waals surface area contributed by atoms with Crippen LogP contribution < -0.4 is 15.1 Å². The smallest absolute Gasteiger partial charge is 0.356 e. The van der Waals surface area contributed by atoms with Gasteiger partial charge in [0.05, 0.1) is 11.9 Å². The number of ether oxygens (including phenoxy) is 1. The van der Waals surface area contributed by atoms with Crippen molar-refractivity contribution in [2.45, 2.75) is 25.0 Å². The topological polar surface area (TPSA) is 73.2 Å². The zero-order chi connectivity index (χ0) is 21.0. The monoisotopic (exact) mass is 414 g/mol. The molecule has 2 aromatic rings. The molecule has 0 saturated carbocycles. The number of fused-ring (bicyclic) bond motifs is 3. The molecule has 2 aliphatic rings. The zero-order valence-corrected chi connectivity index (χ0v) is 18.1. The summed E-state index contributed by atoms with van der Waals surface area (Å²) in [6.45, 7) is 5.47. The molecule has 2 aliphatic heterocycles. The maximum Gasteiger partial charge on any atom is 0.356 e. The maximum absolute atomic E-state index is 11.8. The highest BCUT2D eigenvalue weighted by Crippen LogP contribution is 2.55. The first kappa shape index (κ1) is 20.2. The molecule has 4 rings (SSSR count). The highest BCUT2D eigenvalue weighted by Gasteiger charge is 2.59. The van der Waals surface area contributed by atoms with Crippen LogP contribution in [0.15, 0.2) is 48.5 Å². The number of rotatable bonds is 4. The molecule has 0 amide bonds. The summed E-state index contributed by atoms with van der Waals surface area (Å²) >= 11 is 0. The van der Waals surface area contributed by atoms with Crippen LogP contribution in [0, 0.1) is 0 Å². The van der Waals surface area contributed by atoms with Gasteiger partial charge in [0.25, 0.3) is 0 Å². The molecule has 154 valence electrons. The van der Waals surface area contributed by atoms with Crippen molar-refractivity contribution < 1.29 is 19.1 Å². The number of benzene rings is 2. The van der Waals surface area contributed by atoms with Crippen LogP contribution in [-0.2, 0) is 14.7 Å².